The number of rotatable bonds is 3. The van der Waals surface area contributed by atoms with E-state index < -0.39 is 11.7 Å². The largest absolute Gasteiger partial charge is 0.389 e. The molecule has 0 spiro atoms. The van der Waals surface area contributed by atoms with Crippen LogP contribution in [0.5, 0.6) is 0 Å². The SMILES string of the molecule is CC(O)C(=O)N1CCN(CC2(O)CCCCC2)CC1. The molecule has 0 radical (unpaired) electrons. The maximum atomic E-state index is 11.7. The summed E-state index contributed by atoms with van der Waals surface area (Å²) in [5.74, 6) is -0.184. The maximum Gasteiger partial charge on any atom is 0.251 e. The van der Waals surface area contributed by atoms with E-state index in [2.05, 4.69) is 4.90 Å². The molecule has 1 saturated carbocycles. The fourth-order valence-electron chi connectivity index (χ4n) is 3.17. The Hall–Kier alpha value is -0.650. The van der Waals surface area contributed by atoms with Gasteiger partial charge in [-0.25, -0.2) is 0 Å². The topological polar surface area (TPSA) is 64.0 Å². The summed E-state index contributed by atoms with van der Waals surface area (Å²) in [7, 11) is 0. The highest BCUT2D eigenvalue weighted by Gasteiger charge is 2.33. The van der Waals surface area contributed by atoms with E-state index in [0.29, 0.717) is 13.1 Å². The van der Waals surface area contributed by atoms with E-state index in [1.165, 1.54) is 13.3 Å². The number of carbonyl (C=O) groups is 1. The first-order valence-corrected chi connectivity index (χ1v) is 7.42. The molecule has 2 aliphatic rings. The van der Waals surface area contributed by atoms with Crippen LogP contribution in [0.1, 0.15) is 39.0 Å². The number of aliphatic hydroxyl groups excluding tert-OH is 1. The van der Waals surface area contributed by atoms with E-state index in [1.807, 2.05) is 0 Å². The smallest absolute Gasteiger partial charge is 0.251 e. The average Bonchev–Trinajstić information content (AvgIpc) is 2.39. The highest BCUT2D eigenvalue weighted by Crippen LogP contribution is 2.29. The van der Waals surface area contributed by atoms with Crippen molar-refractivity contribution < 1.29 is 15.0 Å². The lowest BCUT2D eigenvalue weighted by Crippen LogP contribution is -2.54. The molecule has 5 nitrogen and oxygen atoms in total. The molecule has 1 aliphatic heterocycles. The van der Waals surface area contributed by atoms with Crippen LogP contribution in [0, 0.1) is 0 Å². The number of aliphatic hydroxyl groups is 2. The minimum Gasteiger partial charge on any atom is -0.389 e. The lowest BCUT2D eigenvalue weighted by atomic mass is 9.84. The molecular formula is C14H26N2O3. The third-order valence-electron chi connectivity index (χ3n) is 4.34. The van der Waals surface area contributed by atoms with E-state index in [4.69, 9.17) is 0 Å². The van der Waals surface area contributed by atoms with Gasteiger partial charge in [-0.3, -0.25) is 9.69 Å². The van der Waals surface area contributed by atoms with Crippen molar-refractivity contribution in [1.82, 2.24) is 9.80 Å². The standard InChI is InChI=1S/C14H26N2O3/c1-12(17)13(18)16-9-7-15(8-10-16)11-14(19)5-3-2-4-6-14/h12,17,19H,2-11H2,1H3. The van der Waals surface area contributed by atoms with E-state index in [9.17, 15) is 15.0 Å². The highest BCUT2D eigenvalue weighted by molar-refractivity contribution is 5.80. The van der Waals surface area contributed by atoms with E-state index in [0.717, 1.165) is 45.3 Å². The first-order valence-electron chi connectivity index (χ1n) is 7.42. The number of amides is 1. The molecule has 1 unspecified atom stereocenters. The molecule has 2 rings (SSSR count). The zero-order valence-corrected chi connectivity index (χ0v) is 11.8. The van der Waals surface area contributed by atoms with Gasteiger partial charge >= 0.3 is 0 Å². The minimum absolute atomic E-state index is 0.184. The Kier molecular flexibility index (Phi) is 4.81. The van der Waals surface area contributed by atoms with Crippen LogP contribution in [0.4, 0.5) is 0 Å². The number of piperazine rings is 1. The second-order valence-corrected chi connectivity index (χ2v) is 6.06. The van der Waals surface area contributed by atoms with Gasteiger partial charge in [0.15, 0.2) is 0 Å². The van der Waals surface area contributed by atoms with Crippen molar-refractivity contribution in [1.29, 1.82) is 0 Å². The molecule has 1 atom stereocenters. The van der Waals surface area contributed by atoms with E-state index in [1.54, 1.807) is 4.90 Å². The summed E-state index contributed by atoms with van der Waals surface area (Å²) >= 11 is 0. The first kappa shape index (κ1) is 14.8. The zero-order valence-electron chi connectivity index (χ0n) is 11.8. The van der Waals surface area contributed by atoms with Crippen molar-refractivity contribution in [3.05, 3.63) is 0 Å². The van der Waals surface area contributed by atoms with Gasteiger partial charge in [-0.1, -0.05) is 19.3 Å². The van der Waals surface area contributed by atoms with Crippen molar-refractivity contribution in [3.8, 4) is 0 Å². The normalized spacial score (nSPS) is 26.2. The van der Waals surface area contributed by atoms with Gasteiger partial charge in [0, 0.05) is 32.7 Å². The Morgan fingerprint density at radius 2 is 1.74 bits per heavy atom. The molecule has 2 fully saturated rings. The Labute approximate surface area is 115 Å². The molecule has 1 amide bonds. The summed E-state index contributed by atoms with van der Waals surface area (Å²) in [4.78, 5) is 15.6. The lowest BCUT2D eigenvalue weighted by Gasteiger charge is -2.41. The summed E-state index contributed by atoms with van der Waals surface area (Å²) in [5, 5.41) is 19.8. The molecule has 2 N–H and O–H groups in total. The number of hydrogen-bond donors (Lipinski definition) is 2. The maximum absolute atomic E-state index is 11.7. The minimum atomic E-state index is -0.908. The molecule has 1 heterocycles. The fourth-order valence-corrected chi connectivity index (χ4v) is 3.17. The fraction of sp³-hybridized carbons (Fsp3) is 0.929. The molecule has 5 heteroatoms. The molecule has 110 valence electrons. The van der Waals surface area contributed by atoms with Crippen molar-refractivity contribution >= 4 is 5.91 Å². The molecular weight excluding hydrogens is 244 g/mol. The number of β-amino-alcohol motifs (C(OH)–C–C–N with tert-alkyl or cyclic N) is 1. The Bertz CT molecular complexity index is 306. The van der Waals surface area contributed by atoms with Gasteiger partial charge in [0.05, 0.1) is 5.60 Å². The number of carbonyl (C=O) groups excluding carboxylic acids is 1. The van der Waals surface area contributed by atoms with Crippen LogP contribution < -0.4 is 0 Å². The third-order valence-corrected chi connectivity index (χ3v) is 4.34. The highest BCUT2D eigenvalue weighted by atomic mass is 16.3. The van der Waals surface area contributed by atoms with Crippen LogP contribution in [0.15, 0.2) is 0 Å². The second-order valence-electron chi connectivity index (χ2n) is 6.06. The Balaban J connectivity index is 1.78. The summed E-state index contributed by atoms with van der Waals surface area (Å²) in [6, 6.07) is 0. The van der Waals surface area contributed by atoms with Gasteiger partial charge in [-0.15, -0.1) is 0 Å². The van der Waals surface area contributed by atoms with Crippen LogP contribution in [0.2, 0.25) is 0 Å². The quantitative estimate of drug-likeness (QED) is 0.769. The van der Waals surface area contributed by atoms with Gasteiger partial charge in [-0.05, 0) is 19.8 Å². The van der Waals surface area contributed by atoms with Gasteiger partial charge in [-0.2, -0.15) is 0 Å². The van der Waals surface area contributed by atoms with Crippen LogP contribution in [-0.2, 0) is 4.79 Å². The molecule has 1 saturated heterocycles. The van der Waals surface area contributed by atoms with Gasteiger partial charge in [0.2, 0.25) is 0 Å². The van der Waals surface area contributed by atoms with Crippen molar-refractivity contribution in [2.24, 2.45) is 0 Å². The van der Waals surface area contributed by atoms with Crippen molar-refractivity contribution in [2.75, 3.05) is 32.7 Å². The summed E-state index contributed by atoms with van der Waals surface area (Å²) in [6.45, 7) is 5.13. The van der Waals surface area contributed by atoms with Crippen LogP contribution in [-0.4, -0.2) is 70.3 Å². The van der Waals surface area contributed by atoms with E-state index >= 15 is 0 Å². The molecule has 0 aromatic rings. The Morgan fingerprint density at radius 3 is 2.26 bits per heavy atom. The molecule has 19 heavy (non-hydrogen) atoms. The van der Waals surface area contributed by atoms with Crippen LogP contribution in [0.25, 0.3) is 0 Å². The first-order chi connectivity index (χ1) is 9.00. The summed E-state index contributed by atoms with van der Waals surface area (Å²) < 4.78 is 0. The van der Waals surface area contributed by atoms with E-state index in [-0.39, 0.29) is 5.91 Å². The van der Waals surface area contributed by atoms with Crippen molar-refractivity contribution in [2.45, 2.75) is 50.7 Å². The number of hydrogen-bond acceptors (Lipinski definition) is 4. The van der Waals surface area contributed by atoms with Gasteiger partial charge in [0.25, 0.3) is 5.91 Å². The number of nitrogens with zero attached hydrogens (tertiary/aromatic N) is 2. The molecule has 0 aromatic carbocycles. The summed E-state index contributed by atoms with van der Waals surface area (Å²) in [6.07, 6.45) is 4.38. The third kappa shape index (κ3) is 3.91. The predicted octanol–water partition coefficient (Wildman–Crippen LogP) is 0.207. The summed E-state index contributed by atoms with van der Waals surface area (Å²) in [5.41, 5.74) is -0.519. The van der Waals surface area contributed by atoms with Gasteiger partial charge in [0.1, 0.15) is 6.10 Å². The van der Waals surface area contributed by atoms with Crippen LogP contribution in [0.3, 0.4) is 0 Å². The van der Waals surface area contributed by atoms with Gasteiger partial charge < -0.3 is 15.1 Å². The van der Waals surface area contributed by atoms with Crippen LogP contribution >= 0.6 is 0 Å². The molecule has 1 aliphatic carbocycles. The molecule has 0 bridgehead atoms. The van der Waals surface area contributed by atoms with Crippen molar-refractivity contribution in [3.63, 3.8) is 0 Å². The lowest BCUT2D eigenvalue weighted by molar-refractivity contribution is -0.141. The second kappa shape index (κ2) is 6.20. The zero-order chi connectivity index (χ0) is 13.9. The predicted molar refractivity (Wildman–Crippen MR) is 72.7 cm³/mol. The Morgan fingerprint density at radius 1 is 1.16 bits per heavy atom. The monoisotopic (exact) mass is 270 g/mol. The molecule has 0 aromatic heterocycles. The average molecular weight is 270 g/mol.